The number of carbonyl (C=O) groups is 1. The summed E-state index contributed by atoms with van der Waals surface area (Å²) in [6.45, 7) is 1.93. The summed E-state index contributed by atoms with van der Waals surface area (Å²) in [5, 5.41) is 8.67. The van der Waals surface area contributed by atoms with E-state index in [9.17, 15) is 14.4 Å². The number of aromatic amines is 1. The van der Waals surface area contributed by atoms with Crippen LogP contribution in [0.5, 0.6) is 0 Å². The Hall–Kier alpha value is -2.38. The minimum absolute atomic E-state index is 0.148. The van der Waals surface area contributed by atoms with Crippen molar-refractivity contribution < 1.29 is 9.90 Å². The zero-order valence-corrected chi connectivity index (χ0v) is 9.93. The number of fused-ring (bicyclic) bond motifs is 1. The Labute approximate surface area is 101 Å². The fraction of sp³-hybridized carbons (Fsp3) is 0.400. The predicted molar refractivity (Wildman–Crippen MR) is 62.6 cm³/mol. The molecule has 0 atom stereocenters. The monoisotopic (exact) mass is 252 g/mol. The molecule has 2 rings (SSSR count). The van der Waals surface area contributed by atoms with Gasteiger partial charge >= 0.3 is 11.7 Å². The molecule has 0 fully saturated rings. The molecule has 96 valence electrons. The number of rotatable bonds is 3. The SMILES string of the molecule is CCn1c(=O)c2[nH]c(CC(=O)O)nc2n(C)c1=O. The molecule has 8 nitrogen and oxygen atoms in total. The molecule has 0 saturated carbocycles. The molecule has 2 heterocycles. The highest BCUT2D eigenvalue weighted by molar-refractivity contribution is 5.73. The van der Waals surface area contributed by atoms with Crippen LogP contribution in [-0.4, -0.2) is 30.2 Å². The zero-order chi connectivity index (χ0) is 13.4. The van der Waals surface area contributed by atoms with Crippen molar-refractivity contribution in [2.45, 2.75) is 19.9 Å². The number of hydrogen-bond donors (Lipinski definition) is 2. The first-order valence-electron chi connectivity index (χ1n) is 5.36. The molecule has 2 aromatic rings. The number of hydrogen-bond acceptors (Lipinski definition) is 4. The average molecular weight is 252 g/mol. The first kappa shape index (κ1) is 12.1. The standard InChI is InChI=1S/C10H12N4O4/c1-3-14-9(17)7-8(13(2)10(14)18)12-5(11-7)4-6(15)16/h3-4H2,1-2H3,(H,11,12)(H,15,16). The Morgan fingerprint density at radius 2 is 2.11 bits per heavy atom. The topological polar surface area (TPSA) is 110 Å². The van der Waals surface area contributed by atoms with E-state index in [1.807, 2.05) is 0 Å². The number of H-pyrrole nitrogens is 1. The lowest BCUT2D eigenvalue weighted by Gasteiger charge is -2.03. The molecule has 0 aliphatic rings. The molecule has 0 aliphatic heterocycles. The van der Waals surface area contributed by atoms with Gasteiger partial charge in [0.15, 0.2) is 5.65 Å². The molecular formula is C10H12N4O4. The van der Waals surface area contributed by atoms with Gasteiger partial charge in [-0.3, -0.25) is 18.7 Å². The van der Waals surface area contributed by atoms with Crippen molar-refractivity contribution in [1.29, 1.82) is 0 Å². The van der Waals surface area contributed by atoms with Crippen LogP contribution in [0.25, 0.3) is 11.2 Å². The van der Waals surface area contributed by atoms with E-state index in [1.165, 1.54) is 11.6 Å². The number of aryl methyl sites for hydroxylation is 1. The highest BCUT2D eigenvalue weighted by Crippen LogP contribution is 2.04. The molecule has 8 heteroatoms. The van der Waals surface area contributed by atoms with E-state index >= 15 is 0 Å². The molecule has 0 spiro atoms. The van der Waals surface area contributed by atoms with Crippen LogP contribution in [0.1, 0.15) is 12.7 Å². The van der Waals surface area contributed by atoms with Crippen LogP contribution >= 0.6 is 0 Å². The number of aromatic nitrogens is 4. The van der Waals surface area contributed by atoms with E-state index in [0.29, 0.717) is 0 Å². The summed E-state index contributed by atoms with van der Waals surface area (Å²) in [5.74, 6) is -0.909. The summed E-state index contributed by atoms with van der Waals surface area (Å²) < 4.78 is 2.28. The highest BCUT2D eigenvalue weighted by atomic mass is 16.4. The van der Waals surface area contributed by atoms with Crippen molar-refractivity contribution in [3.05, 3.63) is 26.7 Å². The van der Waals surface area contributed by atoms with Crippen LogP contribution in [-0.2, 0) is 24.8 Å². The van der Waals surface area contributed by atoms with Gasteiger partial charge in [-0.05, 0) is 6.92 Å². The van der Waals surface area contributed by atoms with Crippen molar-refractivity contribution in [2.75, 3.05) is 0 Å². The summed E-state index contributed by atoms with van der Waals surface area (Å²) in [6.07, 6.45) is -0.325. The van der Waals surface area contributed by atoms with E-state index in [-0.39, 0.29) is 30.0 Å². The molecule has 2 aromatic heterocycles. The zero-order valence-electron chi connectivity index (χ0n) is 9.93. The van der Waals surface area contributed by atoms with Gasteiger partial charge < -0.3 is 10.1 Å². The first-order valence-corrected chi connectivity index (χ1v) is 5.36. The third-order valence-electron chi connectivity index (χ3n) is 2.66. The molecule has 0 bridgehead atoms. The van der Waals surface area contributed by atoms with Crippen molar-refractivity contribution >= 4 is 17.1 Å². The van der Waals surface area contributed by atoms with Gasteiger partial charge in [-0.1, -0.05) is 0 Å². The van der Waals surface area contributed by atoms with Gasteiger partial charge in [-0.2, -0.15) is 0 Å². The lowest BCUT2D eigenvalue weighted by atomic mass is 10.4. The predicted octanol–water partition coefficient (Wildman–Crippen LogP) is -0.930. The van der Waals surface area contributed by atoms with Gasteiger partial charge in [0.1, 0.15) is 17.8 Å². The second kappa shape index (κ2) is 4.13. The third-order valence-corrected chi connectivity index (χ3v) is 2.66. The van der Waals surface area contributed by atoms with Crippen LogP contribution < -0.4 is 11.2 Å². The van der Waals surface area contributed by atoms with Crippen LogP contribution in [0, 0.1) is 0 Å². The normalized spacial score (nSPS) is 11.0. The van der Waals surface area contributed by atoms with E-state index in [4.69, 9.17) is 5.11 Å². The van der Waals surface area contributed by atoms with E-state index in [1.54, 1.807) is 6.92 Å². The quantitative estimate of drug-likeness (QED) is 0.733. The van der Waals surface area contributed by atoms with Crippen molar-refractivity contribution in [3.63, 3.8) is 0 Å². The third kappa shape index (κ3) is 1.71. The minimum atomic E-state index is -1.06. The fourth-order valence-corrected chi connectivity index (χ4v) is 1.80. The number of carboxylic acid groups (broad SMARTS) is 1. The minimum Gasteiger partial charge on any atom is -0.481 e. The van der Waals surface area contributed by atoms with Gasteiger partial charge in [0.2, 0.25) is 0 Å². The fourth-order valence-electron chi connectivity index (χ4n) is 1.80. The average Bonchev–Trinajstić information content (AvgIpc) is 2.70. The van der Waals surface area contributed by atoms with Crippen LogP contribution in [0.4, 0.5) is 0 Å². The largest absolute Gasteiger partial charge is 0.481 e. The summed E-state index contributed by atoms with van der Waals surface area (Å²) in [6, 6.07) is 0. The van der Waals surface area contributed by atoms with Gasteiger partial charge in [-0.25, -0.2) is 9.78 Å². The molecule has 0 unspecified atom stereocenters. The number of nitrogens with zero attached hydrogens (tertiary/aromatic N) is 3. The molecule has 0 aliphatic carbocycles. The molecule has 2 N–H and O–H groups in total. The molecule has 0 radical (unpaired) electrons. The maximum atomic E-state index is 12.0. The maximum absolute atomic E-state index is 12.0. The Balaban J connectivity index is 2.80. The molecule has 0 aromatic carbocycles. The van der Waals surface area contributed by atoms with Crippen molar-refractivity contribution in [1.82, 2.24) is 19.1 Å². The highest BCUT2D eigenvalue weighted by Gasteiger charge is 2.15. The molecule has 0 saturated heterocycles. The van der Waals surface area contributed by atoms with Crippen LogP contribution in [0.15, 0.2) is 9.59 Å². The van der Waals surface area contributed by atoms with E-state index in [0.717, 1.165) is 4.57 Å². The van der Waals surface area contributed by atoms with E-state index in [2.05, 4.69) is 9.97 Å². The summed E-state index contributed by atoms with van der Waals surface area (Å²) in [7, 11) is 1.49. The lowest BCUT2D eigenvalue weighted by molar-refractivity contribution is -0.136. The van der Waals surface area contributed by atoms with Gasteiger partial charge in [0.25, 0.3) is 5.56 Å². The molecular weight excluding hydrogens is 240 g/mol. The van der Waals surface area contributed by atoms with Crippen LogP contribution in [0.3, 0.4) is 0 Å². The maximum Gasteiger partial charge on any atom is 0.332 e. The number of aliphatic carboxylic acids is 1. The van der Waals surface area contributed by atoms with Crippen molar-refractivity contribution in [2.24, 2.45) is 7.05 Å². The summed E-state index contributed by atoms with van der Waals surface area (Å²) in [4.78, 5) is 41.0. The second-order valence-corrected chi connectivity index (χ2v) is 3.84. The first-order chi connectivity index (χ1) is 8.45. The smallest absolute Gasteiger partial charge is 0.332 e. The Morgan fingerprint density at radius 3 is 2.67 bits per heavy atom. The van der Waals surface area contributed by atoms with E-state index < -0.39 is 17.2 Å². The number of imidazole rings is 1. The van der Waals surface area contributed by atoms with Gasteiger partial charge in [0.05, 0.1) is 0 Å². The summed E-state index contributed by atoms with van der Waals surface area (Å²) in [5.41, 5.74) is -0.635. The summed E-state index contributed by atoms with van der Waals surface area (Å²) >= 11 is 0. The number of nitrogens with one attached hydrogen (secondary N) is 1. The van der Waals surface area contributed by atoms with Gasteiger partial charge in [0, 0.05) is 13.6 Å². The molecule has 0 amide bonds. The second-order valence-electron chi connectivity index (χ2n) is 3.84. The lowest BCUT2D eigenvalue weighted by Crippen LogP contribution is -2.38. The Morgan fingerprint density at radius 1 is 1.44 bits per heavy atom. The van der Waals surface area contributed by atoms with Crippen molar-refractivity contribution in [3.8, 4) is 0 Å². The Kier molecular flexibility index (Phi) is 2.77. The number of carboxylic acids is 1. The van der Waals surface area contributed by atoms with Crippen LogP contribution in [0.2, 0.25) is 0 Å². The van der Waals surface area contributed by atoms with Gasteiger partial charge in [-0.15, -0.1) is 0 Å². The molecule has 18 heavy (non-hydrogen) atoms. The Bertz CT molecular complexity index is 737.